The van der Waals surface area contributed by atoms with Gasteiger partial charge >= 0.3 is 0 Å². The third kappa shape index (κ3) is 2.73. The van der Waals surface area contributed by atoms with E-state index in [2.05, 4.69) is 4.90 Å². The maximum atomic E-state index is 11.4. The lowest BCUT2D eigenvalue weighted by molar-refractivity contribution is -0.112. The summed E-state index contributed by atoms with van der Waals surface area (Å²) in [7, 11) is 0. The Morgan fingerprint density at radius 1 is 1.47 bits per heavy atom. The Labute approximate surface area is 102 Å². The van der Waals surface area contributed by atoms with E-state index in [1.54, 1.807) is 0 Å². The van der Waals surface area contributed by atoms with Crippen molar-refractivity contribution in [3.05, 3.63) is 35.9 Å². The van der Waals surface area contributed by atoms with Crippen LogP contribution in [0.3, 0.4) is 0 Å². The fourth-order valence-corrected chi connectivity index (χ4v) is 2.44. The minimum Gasteiger partial charge on any atom is -0.392 e. The van der Waals surface area contributed by atoms with Crippen molar-refractivity contribution in [1.82, 2.24) is 4.90 Å². The highest BCUT2D eigenvalue weighted by Crippen LogP contribution is 2.24. The van der Waals surface area contributed by atoms with Crippen LogP contribution in [0.5, 0.6) is 0 Å². The van der Waals surface area contributed by atoms with E-state index in [4.69, 9.17) is 0 Å². The molecule has 1 aliphatic rings. The van der Waals surface area contributed by atoms with Crippen LogP contribution in [0.4, 0.5) is 0 Å². The van der Waals surface area contributed by atoms with E-state index >= 15 is 0 Å². The van der Waals surface area contributed by atoms with Gasteiger partial charge in [0, 0.05) is 19.6 Å². The van der Waals surface area contributed by atoms with Crippen molar-refractivity contribution in [3.8, 4) is 0 Å². The van der Waals surface area contributed by atoms with Crippen molar-refractivity contribution in [2.75, 3.05) is 19.6 Å². The number of hydrogen-bond acceptors (Lipinski definition) is 3. The molecule has 1 N–H and O–H groups in total. The average molecular weight is 233 g/mol. The van der Waals surface area contributed by atoms with Gasteiger partial charge in [-0.3, -0.25) is 4.90 Å². The van der Waals surface area contributed by atoms with Gasteiger partial charge in [-0.2, -0.15) is 0 Å². The van der Waals surface area contributed by atoms with Crippen LogP contribution in [0.2, 0.25) is 0 Å². The van der Waals surface area contributed by atoms with Crippen molar-refractivity contribution in [3.63, 3.8) is 0 Å². The smallest absolute Gasteiger partial charge is 0.131 e. The van der Waals surface area contributed by atoms with Crippen molar-refractivity contribution in [2.24, 2.45) is 0 Å². The van der Waals surface area contributed by atoms with Crippen LogP contribution in [0.15, 0.2) is 30.3 Å². The van der Waals surface area contributed by atoms with E-state index in [9.17, 15) is 9.90 Å². The summed E-state index contributed by atoms with van der Waals surface area (Å²) >= 11 is 0. The normalized spacial score (nSPS) is 24.5. The Hall–Kier alpha value is -1.19. The summed E-state index contributed by atoms with van der Waals surface area (Å²) < 4.78 is 0. The van der Waals surface area contributed by atoms with E-state index in [1.807, 2.05) is 37.3 Å². The van der Waals surface area contributed by atoms with E-state index in [-0.39, 0.29) is 6.10 Å². The van der Waals surface area contributed by atoms with Gasteiger partial charge in [0.15, 0.2) is 0 Å². The standard InChI is InChI=1S/C14H19NO2/c1-14(11-16,12-5-3-2-4-6-12)10-15-8-7-13(17)9-15/h2-6,11,13,17H,7-10H2,1H3. The van der Waals surface area contributed by atoms with Crippen LogP contribution in [0.1, 0.15) is 18.9 Å². The summed E-state index contributed by atoms with van der Waals surface area (Å²) in [6, 6.07) is 9.84. The number of aliphatic hydroxyl groups is 1. The fourth-order valence-electron chi connectivity index (χ4n) is 2.44. The number of nitrogens with zero attached hydrogens (tertiary/aromatic N) is 1. The Morgan fingerprint density at radius 2 is 2.18 bits per heavy atom. The first-order valence-electron chi connectivity index (χ1n) is 6.06. The summed E-state index contributed by atoms with van der Waals surface area (Å²) in [6.45, 7) is 4.19. The second-order valence-corrected chi connectivity index (χ2v) is 5.08. The van der Waals surface area contributed by atoms with Gasteiger partial charge in [0.2, 0.25) is 0 Å². The van der Waals surface area contributed by atoms with E-state index in [1.165, 1.54) is 0 Å². The fraction of sp³-hybridized carbons (Fsp3) is 0.500. The summed E-state index contributed by atoms with van der Waals surface area (Å²) in [5.41, 5.74) is 0.557. The number of aliphatic hydroxyl groups excluding tert-OH is 1. The van der Waals surface area contributed by atoms with Crippen molar-refractivity contribution >= 4 is 6.29 Å². The molecule has 0 aliphatic carbocycles. The van der Waals surface area contributed by atoms with Gasteiger partial charge in [-0.15, -0.1) is 0 Å². The number of aldehydes is 1. The third-order valence-electron chi connectivity index (χ3n) is 3.49. The first-order chi connectivity index (χ1) is 8.14. The molecule has 2 unspecified atom stereocenters. The number of hydrogen-bond donors (Lipinski definition) is 1. The first-order valence-corrected chi connectivity index (χ1v) is 6.06. The van der Waals surface area contributed by atoms with E-state index < -0.39 is 5.41 Å². The number of rotatable bonds is 4. The molecule has 0 bridgehead atoms. The maximum absolute atomic E-state index is 11.4. The summed E-state index contributed by atoms with van der Waals surface area (Å²) in [5, 5.41) is 9.51. The van der Waals surface area contributed by atoms with Gasteiger partial charge in [-0.1, -0.05) is 30.3 Å². The predicted octanol–water partition coefficient (Wildman–Crippen LogP) is 1.21. The minimum absolute atomic E-state index is 0.235. The highest BCUT2D eigenvalue weighted by Gasteiger charge is 2.31. The molecule has 92 valence electrons. The monoisotopic (exact) mass is 233 g/mol. The molecular formula is C14H19NO2. The lowest BCUT2D eigenvalue weighted by atomic mass is 9.83. The maximum Gasteiger partial charge on any atom is 0.131 e. The molecule has 17 heavy (non-hydrogen) atoms. The van der Waals surface area contributed by atoms with Crippen LogP contribution in [-0.4, -0.2) is 42.0 Å². The number of carbonyl (C=O) groups is 1. The van der Waals surface area contributed by atoms with Gasteiger partial charge in [0.05, 0.1) is 11.5 Å². The number of carbonyl (C=O) groups excluding carboxylic acids is 1. The Bertz CT molecular complexity index is 379. The molecule has 3 heteroatoms. The van der Waals surface area contributed by atoms with Crippen LogP contribution < -0.4 is 0 Å². The lowest BCUT2D eigenvalue weighted by Gasteiger charge is -2.29. The second-order valence-electron chi connectivity index (χ2n) is 5.08. The first kappa shape index (κ1) is 12.3. The lowest BCUT2D eigenvalue weighted by Crippen LogP contribution is -2.39. The molecule has 1 fully saturated rings. The number of likely N-dealkylation sites (tertiary alicyclic amines) is 1. The van der Waals surface area contributed by atoms with Gasteiger partial charge in [0.1, 0.15) is 6.29 Å². The van der Waals surface area contributed by atoms with Crippen LogP contribution in [-0.2, 0) is 10.2 Å². The summed E-state index contributed by atoms with van der Waals surface area (Å²) in [6.07, 6.45) is 1.60. The Morgan fingerprint density at radius 3 is 2.71 bits per heavy atom. The molecule has 0 saturated carbocycles. The van der Waals surface area contributed by atoms with Crippen molar-refractivity contribution in [1.29, 1.82) is 0 Å². The molecule has 1 aromatic rings. The quantitative estimate of drug-likeness (QED) is 0.795. The minimum atomic E-state index is -0.481. The molecule has 1 saturated heterocycles. The van der Waals surface area contributed by atoms with Crippen LogP contribution >= 0.6 is 0 Å². The highest BCUT2D eigenvalue weighted by atomic mass is 16.3. The third-order valence-corrected chi connectivity index (χ3v) is 3.49. The molecule has 0 amide bonds. The van der Waals surface area contributed by atoms with Crippen LogP contribution in [0.25, 0.3) is 0 Å². The molecule has 2 rings (SSSR count). The predicted molar refractivity (Wildman–Crippen MR) is 66.9 cm³/mol. The van der Waals surface area contributed by atoms with Crippen molar-refractivity contribution < 1.29 is 9.90 Å². The largest absolute Gasteiger partial charge is 0.392 e. The van der Waals surface area contributed by atoms with Gasteiger partial charge in [-0.05, 0) is 18.9 Å². The van der Waals surface area contributed by atoms with Gasteiger partial charge in [-0.25, -0.2) is 0 Å². The Balaban J connectivity index is 2.12. The molecular weight excluding hydrogens is 214 g/mol. The molecule has 0 aromatic heterocycles. The van der Waals surface area contributed by atoms with E-state index in [0.717, 1.165) is 24.8 Å². The van der Waals surface area contributed by atoms with Gasteiger partial charge in [0.25, 0.3) is 0 Å². The number of β-amino-alcohol motifs (C(OH)–C–C–N with tert-alkyl or cyclic N) is 1. The molecule has 1 heterocycles. The molecule has 2 atom stereocenters. The van der Waals surface area contributed by atoms with Crippen molar-refractivity contribution in [2.45, 2.75) is 24.9 Å². The zero-order valence-corrected chi connectivity index (χ0v) is 10.2. The van der Waals surface area contributed by atoms with E-state index in [0.29, 0.717) is 13.1 Å². The summed E-state index contributed by atoms with van der Waals surface area (Å²) in [5.74, 6) is 0. The summed E-state index contributed by atoms with van der Waals surface area (Å²) in [4.78, 5) is 13.6. The molecule has 0 spiro atoms. The average Bonchev–Trinajstić information content (AvgIpc) is 2.75. The SMILES string of the molecule is CC(C=O)(CN1CCC(O)C1)c1ccccc1. The molecule has 1 aromatic carbocycles. The second kappa shape index (κ2) is 4.98. The van der Waals surface area contributed by atoms with Crippen LogP contribution in [0, 0.1) is 0 Å². The molecule has 1 aliphatic heterocycles. The number of benzene rings is 1. The zero-order valence-electron chi connectivity index (χ0n) is 10.2. The highest BCUT2D eigenvalue weighted by molar-refractivity contribution is 5.68. The topological polar surface area (TPSA) is 40.5 Å². The molecule has 3 nitrogen and oxygen atoms in total. The Kier molecular flexibility index (Phi) is 3.60. The zero-order chi connectivity index (χ0) is 12.3. The molecule has 0 radical (unpaired) electrons. The van der Waals surface area contributed by atoms with Gasteiger partial charge < -0.3 is 9.90 Å².